The van der Waals surface area contributed by atoms with E-state index in [1.165, 1.54) is 4.90 Å². The average molecular weight is 416 g/mol. The summed E-state index contributed by atoms with van der Waals surface area (Å²) in [7, 11) is 1.55. The molecule has 2 heterocycles. The lowest BCUT2D eigenvalue weighted by Crippen LogP contribution is -2.42. The summed E-state index contributed by atoms with van der Waals surface area (Å²) in [5.74, 6) is -0.313. The second-order valence-electron chi connectivity index (χ2n) is 7.44. The molecule has 3 amide bonds. The molecule has 0 N–H and O–H groups in total. The molecule has 7 nitrogen and oxygen atoms in total. The summed E-state index contributed by atoms with van der Waals surface area (Å²) in [6, 6.07) is 15.3. The zero-order valence-corrected chi connectivity index (χ0v) is 17.0. The highest BCUT2D eigenvalue weighted by Gasteiger charge is 2.35. The molecular formula is C24H20N2O5. The van der Waals surface area contributed by atoms with Gasteiger partial charge in [0.1, 0.15) is 5.75 Å². The van der Waals surface area contributed by atoms with Crippen LogP contribution < -0.4 is 9.64 Å². The first-order valence-electron chi connectivity index (χ1n) is 10.1. The molecule has 0 spiro atoms. The largest absolute Gasteiger partial charge is 0.497 e. The van der Waals surface area contributed by atoms with E-state index in [4.69, 9.17) is 9.47 Å². The Balaban J connectivity index is 1.61. The van der Waals surface area contributed by atoms with Crippen molar-refractivity contribution in [1.29, 1.82) is 0 Å². The summed E-state index contributed by atoms with van der Waals surface area (Å²) >= 11 is 0. The number of amides is 3. The lowest BCUT2D eigenvalue weighted by atomic mass is 9.90. The molecule has 3 aromatic carbocycles. The molecule has 5 rings (SSSR count). The van der Waals surface area contributed by atoms with Crippen LogP contribution in [-0.2, 0) is 4.74 Å². The number of ether oxygens (including phenoxy) is 2. The first kappa shape index (κ1) is 19.3. The standard InChI is InChI=1S/C24H20N2O5/c1-30-16-7-5-15(6-8-16)26-23(28)19-4-2-3-17-18(9-10-20(21(17)19)24(26)29)22(27)25-11-13-31-14-12-25/h2-10H,11-14H2,1H3. The number of methoxy groups -OCH3 is 1. The number of carbonyl (C=O) groups excluding carboxylic acids is 3. The van der Waals surface area contributed by atoms with E-state index in [0.717, 1.165) is 0 Å². The third-order valence-electron chi connectivity index (χ3n) is 5.77. The van der Waals surface area contributed by atoms with Gasteiger partial charge < -0.3 is 14.4 Å². The maximum absolute atomic E-state index is 13.3. The molecule has 0 radical (unpaired) electrons. The van der Waals surface area contributed by atoms with Gasteiger partial charge >= 0.3 is 0 Å². The van der Waals surface area contributed by atoms with Gasteiger partial charge in [-0.15, -0.1) is 0 Å². The fourth-order valence-electron chi connectivity index (χ4n) is 4.19. The van der Waals surface area contributed by atoms with Crippen molar-refractivity contribution in [3.8, 4) is 5.75 Å². The molecule has 0 unspecified atom stereocenters. The van der Waals surface area contributed by atoms with E-state index in [2.05, 4.69) is 0 Å². The topological polar surface area (TPSA) is 76.2 Å². The van der Waals surface area contributed by atoms with Crippen LogP contribution in [0.25, 0.3) is 10.8 Å². The molecule has 0 atom stereocenters. The number of rotatable bonds is 3. The highest BCUT2D eigenvalue weighted by molar-refractivity contribution is 6.36. The van der Waals surface area contributed by atoms with E-state index < -0.39 is 11.8 Å². The minimum absolute atomic E-state index is 0.121. The van der Waals surface area contributed by atoms with Gasteiger partial charge in [0.25, 0.3) is 17.7 Å². The van der Waals surface area contributed by atoms with Gasteiger partial charge in [0.05, 0.1) is 26.0 Å². The molecule has 1 saturated heterocycles. The van der Waals surface area contributed by atoms with Crippen molar-refractivity contribution in [2.24, 2.45) is 0 Å². The lowest BCUT2D eigenvalue weighted by molar-refractivity contribution is 0.0304. The van der Waals surface area contributed by atoms with Crippen molar-refractivity contribution in [2.75, 3.05) is 38.3 Å². The lowest BCUT2D eigenvalue weighted by Gasteiger charge is -2.29. The number of hydrogen-bond donors (Lipinski definition) is 0. The van der Waals surface area contributed by atoms with E-state index in [0.29, 0.717) is 65.2 Å². The maximum Gasteiger partial charge on any atom is 0.265 e. The van der Waals surface area contributed by atoms with E-state index in [-0.39, 0.29) is 5.91 Å². The van der Waals surface area contributed by atoms with E-state index >= 15 is 0 Å². The summed E-state index contributed by atoms with van der Waals surface area (Å²) < 4.78 is 10.5. The van der Waals surface area contributed by atoms with Gasteiger partial charge in [0.15, 0.2) is 0 Å². The van der Waals surface area contributed by atoms with Crippen LogP contribution in [0.15, 0.2) is 54.6 Å². The average Bonchev–Trinajstić information content (AvgIpc) is 2.83. The molecule has 0 aliphatic carbocycles. The Morgan fingerprint density at radius 3 is 2.26 bits per heavy atom. The van der Waals surface area contributed by atoms with Gasteiger partial charge in [-0.2, -0.15) is 0 Å². The number of nitrogens with zero attached hydrogens (tertiary/aromatic N) is 2. The molecule has 0 aromatic heterocycles. The Morgan fingerprint density at radius 2 is 1.58 bits per heavy atom. The van der Waals surface area contributed by atoms with Gasteiger partial charge in [-0.3, -0.25) is 14.4 Å². The van der Waals surface area contributed by atoms with Gasteiger partial charge in [-0.1, -0.05) is 12.1 Å². The van der Waals surface area contributed by atoms with Crippen molar-refractivity contribution >= 4 is 34.2 Å². The molecule has 0 bridgehead atoms. The number of carbonyl (C=O) groups is 3. The highest BCUT2D eigenvalue weighted by Crippen LogP contribution is 2.35. The SMILES string of the molecule is COc1ccc(N2C(=O)c3cccc4c(C(=O)N5CCOCC5)ccc(c34)C2=O)cc1. The molecule has 31 heavy (non-hydrogen) atoms. The monoisotopic (exact) mass is 416 g/mol. The fraction of sp³-hybridized carbons (Fsp3) is 0.208. The molecule has 7 heteroatoms. The number of hydrogen-bond acceptors (Lipinski definition) is 5. The molecule has 2 aliphatic rings. The smallest absolute Gasteiger partial charge is 0.265 e. The number of morpholine rings is 1. The molecular weight excluding hydrogens is 396 g/mol. The van der Waals surface area contributed by atoms with Crippen molar-refractivity contribution in [3.05, 3.63) is 71.3 Å². The zero-order chi connectivity index (χ0) is 21.5. The highest BCUT2D eigenvalue weighted by atomic mass is 16.5. The Bertz CT molecular complexity index is 1190. The molecule has 1 fully saturated rings. The summed E-state index contributed by atoms with van der Waals surface area (Å²) in [4.78, 5) is 42.7. The second-order valence-corrected chi connectivity index (χ2v) is 7.44. The van der Waals surface area contributed by atoms with Gasteiger partial charge in [0, 0.05) is 35.2 Å². The van der Waals surface area contributed by atoms with E-state index in [1.807, 2.05) is 0 Å². The summed E-state index contributed by atoms with van der Waals surface area (Å²) in [6.45, 7) is 2.04. The fourth-order valence-corrected chi connectivity index (χ4v) is 4.19. The van der Waals surface area contributed by atoms with Crippen molar-refractivity contribution in [3.63, 3.8) is 0 Å². The van der Waals surface area contributed by atoms with Crippen molar-refractivity contribution < 1.29 is 23.9 Å². The summed E-state index contributed by atoms with van der Waals surface area (Å²) in [5, 5.41) is 1.14. The predicted molar refractivity (Wildman–Crippen MR) is 115 cm³/mol. The van der Waals surface area contributed by atoms with Gasteiger partial charge in [-0.25, -0.2) is 4.90 Å². The van der Waals surface area contributed by atoms with Crippen LogP contribution in [0.5, 0.6) is 5.75 Å². The molecule has 2 aliphatic heterocycles. The van der Waals surface area contributed by atoms with E-state index in [1.54, 1.807) is 66.6 Å². The normalized spacial score (nSPS) is 16.0. The minimum Gasteiger partial charge on any atom is -0.497 e. The molecule has 3 aromatic rings. The van der Waals surface area contributed by atoms with Crippen LogP contribution in [0.1, 0.15) is 31.1 Å². The van der Waals surface area contributed by atoms with Crippen molar-refractivity contribution in [1.82, 2.24) is 4.90 Å². The first-order valence-corrected chi connectivity index (χ1v) is 10.1. The first-order chi connectivity index (χ1) is 15.1. The number of benzene rings is 3. The van der Waals surface area contributed by atoms with Gasteiger partial charge in [-0.05, 0) is 47.9 Å². The maximum atomic E-state index is 13.3. The number of imide groups is 1. The predicted octanol–water partition coefficient (Wildman–Crippen LogP) is 3.12. The van der Waals surface area contributed by atoms with Crippen LogP contribution in [-0.4, -0.2) is 56.0 Å². The van der Waals surface area contributed by atoms with Crippen LogP contribution in [0.4, 0.5) is 5.69 Å². The third kappa shape index (κ3) is 3.05. The Morgan fingerprint density at radius 1 is 0.903 bits per heavy atom. The quantitative estimate of drug-likeness (QED) is 0.613. The van der Waals surface area contributed by atoms with Crippen LogP contribution in [0.2, 0.25) is 0 Å². The minimum atomic E-state index is -0.413. The summed E-state index contributed by atoms with van der Waals surface area (Å²) in [5.41, 5.74) is 1.76. The Kier molecular flexibility index (Phi) is 4.67. The second kappa shape index (κ2) is 7.52. The summed E-state index contributed by atoms with van der Waals surface area (Å²) in [6.07, 6.45) is 0. The Labute approximate surface area is 178 Å². The van der Waals surface area contributed by atoms with Crippen molar-refractivity contribution in [2.45, 2.75) is 0 Å². The molecule has 156 valence electrons. The van der Waals surface area contributed by atoms with Crippen LogP contribution >= 0.6 is 0 Å². The zero-order valence-electron chi connectivity index (χ0n) is 17.0. The number of anilines is 1. The van der Waals surface area contributed by atoms with E-state index in [9.17, 15) is 14.4 Å². The third-order valence-corrected chi connectivity index (χ3v) is 5.77. The van der Waals surface area contributed by atoms with Crippen LogP contribution in [0, 0.1) is 0 Å². The Hall–Kier alpha value is -3.71. The van der Waals surface area contributed by atoms with Crippen LogP contribution in [0.3, 0.4) is 0 Å². The van der Waals surface area contributed by atoms with Gasteiger partial charge in [0.2, 0.25) is 0 Å². The molecule has 0 saturated carbocycles.